The predicted octanol–water partition coefficient (Wildman–Crippen LogP) is 2.61. The average molecular weight is 419 g/mol. The fraction of sp³-hybridized carbons (Fsp3) is 0.333. The number of benzene rings is 1. The first-order valence-corrected chi connectivity index (χ1v) is 10.2. The van der Waals surface area contributed by atoms with Crippen molar-refractivity contribution in [1.29, 1.82) is 0 Å². The molecule has 1 aromatic carbocycles. The molecule has 10 heteroatoms. The summed E-state index contributed by atoms with van der Waals surface area (Å²) in [5.74, 6) is 2.58. The summed E-state index contributed by atoms with van der Waals surface area (Å²) in [5.41, 5.74) is 7.84. The molecule has 0 bridgehead atoms. The summed E-state index contributed by atoms with van der Waals surface area (Å²) in [4.78, 5) is 6.04. The van der Waals surface area contributed by atoms with Crippen LogP contribution in [0.5, 0.6) is 5.75 Å². The van der Waals surface area contributed by atoms with Gasteiger partial charge in [-0.2, -0.15) is 4.80 Å². The number of nitrogens with one attached hydrogen (secondary N) is 3. The maximum absolute atomic E-state index is 5.81. The van der Waals surface area contributed by atoms with Gasteiger partial charge in [-0.25, -0.2) is 9.99 Å². The number of aromatic nitrogens is 5. The molecule has 160 valence electrons. The fourth-order valence-corrected chi connectivity index (χ4v) is 3.64. The zero-order chi connectivity index (χ0) is 21.4. The predicted molar refractivity (Wildman–Crippen MR) is 118 cm³/mol. The van der Waals surface area contributed by atoms with Crippen LogP contribution in [0.4, 0.5) is 17.2 Å². The van der Waals surface area contributed by atoms with Crippen molar-refractivity contribution in [3.63, 3.8) is 0 Å². The molecule has 0 spiro atoms. The minimum atomic E-state index is 0.497. The molecule has 1 fully saturated rings. The van der Waals surface area contributed by atoms with Crippen LogP contribution in [0, 0.1) is 0 Å². The van der Waals surface area contributed by atoms with Gasteiger partial charge in [0.05, 0.1) is 32.0 Å². The molecule has 3 heterocycles. The van der Waals surface area contributed by atoms with E-state index in [0.29, 0.717) is 17.5 Å². The Kier molecular flexibility index (Phi) is 4.91. The fourth-order valence-electron chi connectivity index (χ4n) is 3.64. The van der Waals surface area contributed by atoms with E-state index in [9.17, 15) is 0 Å². The first-order chi connectivity index (χ1) is 15.1. The normalized spacial score (nSPS) is 16.0. The quantitative estimate of drug-likeness (QED) is 0.533. The largest absolute Gasteiger partial charge is 0.494 e. The minimum absolute atomic E-state index is 0.497. The molecule has 2 aliphatic rings. The lowest BCUT2D eigenvalue weighted by atomic mass is 10.1. The van der Waals surface area contributed by atoms with E-state index in [1.54, 1.807) is 14.2 Å². The van der Waals surface area contributed by atoms with Crippen LogP contribution in [0.2, 0.25) is 0 Å². The Hall–Kier alpha value is -3.66. The number of hydrogen-bond donors (Lipinski definition) is 3. The molecular formula is C21H25N9O. The molecule has 1 aliphatic heterocycles. The van der Waals surface area contributed by atoms with Gasteiger partial charge in [-0.15, -0.1) is 10.2 Å². The van der Waals surface area contributed by atoms with Crippen LogP contribution in [-0.4, -0.2) is 50.9 Å². The smallest absolute Gasteiger partial charge is 0.208 e. The number of pyridine rings is 1. The zero-order valence-corrected chi connectivity index (χ0v) is 17.8. The van der Waals surface area contributed by atoms with Gasteiger partial charge in [0.2, 0.25) is 5.82 Å². The highest BCUT2D eigenvalue weighted by molar-refractivity contribution is 5.87. The topological polar surface area (TPSA) is 105 Å². The van der Waals surface area contributed by atoms with Gasteiger partial charge in [-0.3, -0.25) is 0 Å². The first kappa shape index (κ1) is 19.3. The summed E-state index contributed by atoms with van der Waals surface area (Å²) in [6.07, 6.45) is 6.41. The van der Waals surface area contributed by atoms with E-state index in [0.717, 1.165) is 35.0 Å². The number of ether oxygens (including phenoxy) is 1. The van der Waals surface area contributed by atoms with Crippen LogP contribution in [0.15, 0.2) is 42.4 Å². The van der Waals surface area contributed by atoms with Gasteiger partial charge >= 0.3 is 0 Å². The second kappa shape index (κ2) is 7.88. The molecule has 0 atom stereocenters. The molecular weight excluding hydrogens is 394 g/mol. The van der Waals surface area contributed by atoms with E-state index in [2.05, 4.69) is 42.5 Å². The number of methoxy groups -OCH3 is 1. The number of anilines is 3. The molecule has 10 nitrogen and oxygen atoms in total. The van der Waals surface area contributed by atoms with Crippen LogP contribution >= 0.6 is 0 Å². The Labute approximate surface area is 180 Å². The summed E-state index contributed by atoms with van der Waals surface area (Å²) >= 11 is 0. The van der Waals surface area contributed by atoms with Crippen molar-refractivity contribution in [3.05, 3.63) is 47.9 Å². The summed E-state index contributed by atoms with van der Waals surface area (Å²) in [5, 5.41) is 21.3. The Balaban J connectivity index is 1.52. The maximum Gasteiger partial charge on any atom is 0.208 e. The SMILES string of the molecule is COc1c(-c2nnn(C)n2)ccc(Nc2ccc(C3CC3)cn2)c1NC1=CNN(C)C1. The van der Waals surface area contributed by atoms with Crippen molar-refractivity contribution in [2.24, 2.45) is 7.05 Å². The minimum Gasteiger partial charge on any atom is -0.494 e. The first-order valence-electron chi connectivity index (χ1n) is 10.2. The number of hydrazine groups is 1. The summed E-state index contributed by atoms with van der Waals surface area (Å²) in [6.45, 7) is 0.727. The van der Waals surface area contributed by atoms with Crippen LogP contribution in [0.25, 0.3) is 11.4 Å². The van der Waals surface area contributed by atoms with E-state index in [1.165, 1.54) is 23.2 Å². The molecule has 2 aromatic heterocycles. The second-order valence-electron chi connectivity index (χ2n) is 7.83. The molecule has 1 aliphatic carbocycles. The number of hydrogen-bond acceptors (Lipinski definition) is 9. The van der Waals surface area contributed by atoms with Crippen molar-refractivity contribution in [1.82, 2.24) is 35.6 Å². The summed E-state index contributed by atoms with van der Waals surface area (Å²) in [7, 11) is 5.35. The highest BCUT2D eigenvalue weighted by Crippen LogP contribution is 2.43. The molecule has 0 amide bonds. The van der Waals surface area contributed by atoms with E-state index in [4.69, 9.17) is 4.74 Å². The van der Waals surface area contributed by atoms with E-state index < -0.39 is 0 Å². The van der Waals surface area contributed by atoms with Gasteiger partial charge in [0, 0.05) is 25.1 Å². The van der Waals surface area contributed by atoms with Crippen LogP contribution in [0.1, 0.15) is 24.3 Å². The van der Waals surface area contributed by atoms with E-state index >= 15 is 0 Å². The lowest BCUT2D eigenvalue weighted by Gasteiger charge is -2.19. The highest BCUT2D eigenvalue weighted by Gasteiger charge is 2.24. The monoisotopic (exact) mass is 419 g/mol. The van der Waals surface area contributed by atoms with Gasteiger partial charge < -0.3 is 20.8 Å². The van der Waals surface area contributed by atoms with Crippen LogP contribution in [-0.2, 0) is 7.05 Å². The average Bonchev–Trinajstić information content (AvgIpc) is 3.41. The number of aryl methyl sites for hydroxylation is 1. The van der Waals surface area contributed by atoms with Gasteiger partial charge in [0.25, 0.3) is 0 Å². The number of tetrazole rings is 1. The van der Waals surface area contributed by atoms with Crippen molar-refractivity contribution in [2.75, 3.05) is 31.3 Å². The van der Waals surface area contributed by atoms with E-state index in [1.807, 2.05) is 42.7 Å². The number of nitrogens with zero attached hydrogens (tertiary/aromatic N) is 6. The Bertz CT molecular complexity index is 1120. The molecule has 0 unspecified atom stereocenters. The molecule has 1 saturated carbocycles. The Morgan fingerprint density at radius 2 is 2.00 bits per heavy atom. The molecule has 31 heavy (non-hydrogen) atoms. The highest BCUT2D eigenvalue weighted by atomic mass is 16.5. The third-order valence-electron chi connectivity index (χ3n) is 5.36. The van der Waals surface area contributed by atoms with Gasteiger partial charge in [-0.05, 0) is 47.7 Å². The molecule has 5 rings (SSSR count). The maximum atomic E-state index is 5.81. The third kappa shape index (κ3) is 4.02. The van der Waals surface area contributed by atoms with Gasteiger partial charge in [0.1, 0.15) is 11.5 Å². The summed E-state index contributed by atoms with van der Waals surface area (Å²) in [6, 6.07) is 8.06. The summed E-state index contributed by atoms with van der Waals surface area (Å²) < 4.78 is 5.81. The third-order valence-corrected chi connectivity index (χ3v) is 5.36. The second-order valence-corrected chi connectivity index (χ2v) is 7.83. The zero-order valence-electron chi connectivity index (χ0n) is 17.8. The molecule has 3 aromatic rings. The van der Waals surface area contributed by atoms with E-state index in [-0.39, 0.29) is 0 Å². The van der Waals surface area contributed by atoms with Gasteiger partial charge in [0.15, 0.2) is 5.75 Å². The van der Waals surface area contributed by atoms with Crippen LogP contribution in [0.3, 0.4) is 0 Å². The standard InChI is InChI=1S/C21H25N9O/c1-29-12-15(11-23-29)24-19-17(25-18-9-6-14(10-22-18)13-4-5-13)8-7-16(20(19)31-3)21-26-28-30(2)27-21/h6-11,13,23-24H,4-5,12H2,1-3H3,(H,22,25). The van der Waals surface area contributed by atoms with Crippen molar-refractivity contribution in [3.8, 4) is 17.1 Å². The Morgan fingerprint density at radius 3 is 2.61 bits per heavy atom. The molecule has 0 radical (unpaired) electrons. The molecule has 0 saturated heterocycles. The van der Waals surface area contributed by atoms with Crippen molar-refractivity contribution in [2.45, 2.75) is 18.8 Å². The molecule has 3 N–H and O–H groups in total. The number of likely N-dealkylation sites (N-methyl/N-ethyl adjacent to an activating group) is 1. The lowest BCUT2D eigenvalue weighted by molar-refractivity contribution is 0.329. The van der Waals surface area contributed by atoms with Crippen molar-refractivity contribution >= 4 is 17.2 Å². The van der Waals surface area contributed by atoms with Crippen LogP contribution < -0.4 is 20.8 Å². The van der Waals surface area contributed by atoms with Gasteiger partial charge in [-0.1, -0.05) is 6.07 Å². The lowest BCUT2D eigenvalue weighted by Crippen LogP contribution is -2.25. The Morgan fingerprint density at radius 1 is 1.13 bits per heavy atom. The van der Waals surface area contributed by atoms with Crippen molar-refractivity contribution < 1.29 is 4.74 Å². The number of rotatable bonds is 7.